The topological polar surface area (TPSA) is 128 Å². The van der Waals surface area contributed by atoms with Gasteiger partial charge in [0.25, 0.3) is 5.91 Å². The molecule has 2 aromatic carbocycles. The second kappa shape index (κ2) is 10.8. The number of benzene rings is 2. The number of para-hydroxylation sites is 1. The van der Waals surface area contributed by atoms with Crippen LogP contribution < -0.4 is 20.5 Å². The van der Waals surface area contributed by atoms with E-state index in [0.717, 1.165) is 0 Å². The molecule has 0 saturated heterocycles. The number of primary sulfonamides is 1. The molecule has 0 heterocycles. The summed E-state index contributed by atoms with van der Waals surface area (Å²) in [4.78, 5) is 24.7. The lowest BCUT2D eigenvalue weighted by atomic mass is 10.2. The fourth-order valence-electron chi connectivity index (χ4n) is 2.39. The van der Waals surface area contributed by atoms with Gasteiger partial charge in [-0.2, -0.15) is 11.8 Å². The van der Waals surface area contributed by atoms with Crippen LogP contribution in [0, 0.1) is 0 Å². The highest BCUT2D eigenvalue weighted by atomic mass is 32.2. The van der Waals surface area contributed by atoms with Crippen molar-refractivity contribution < 1.29 is 22.7 Å². The molecule has 4 N–H and O–H groups in total. The van der Waals surface area contributed by atoms with E-state index in [4.69, 9.17) is 9.88 Å². The van der Waals surface area contributed by atoms with Crippen LogP contribution in [0.3, 0.4) is 0 Å². The molecule has 1 atom stereocenters. The Hall–Kier alpha value is -2.56. The minimum absolute atomic E-state index is 0.115. The average Bonchev–Trinajstić information content (AvgIpc) is 2.70. The first-order chi connectivity index (χ1) is 13.8. The van der Waals surface area contributed by atoms with Gasteiger partial charge in [-0.05, 0) is 48.8 Å². The van der Waals surface area contributed by atoms with E-state index in [1.807, 2.05) is 12.3 Å². The Morgan fingerprint density at radius 2 is 1.86 bits per heavy atom. The Kier molecular flexibility index (Phi) is 8.50. The quantitative estimate of drug-likeness (QED) is 0.518. The molecule has 2 aromatic rings. The van der Waals surface area contributed by atoms with E-state index in [1.165, 1.54) is 30.0 Å². The Bertz CT molecular complexity index is 936. The van der Waals surface area contributed by atoms with Crippen LogP contribution >= 0.6 is 11.8 Å². The minimum atomic E-state index is -3.89. The number of sulfonamides is 1. The molecule has 0 aliphatic heterocycles. The molecule has 2 rings (SSSR count). The standard InChI is InChI=1S/C19H23N3O5S2/c1-28-11-10-17(22-18(23)13-27-15-7-3-2-4-8-15)19(24)21-14-6-5-9-16(12-14)29(20,25)26/h2-9,12,17H,10-11,13H2,1H3,(H,21,24)(H,22,23)(H2,20,25,26). The Balaban J connectivity index is 2.01. The highest BCUT2D eigenvalue weighted by molar-refractivity contribution is 7.98. The summed E-state index contributed by atoms with van der Waals surface area (Å²) in [5.74, 6) is 0.300. The van der Waals surface area contributed by atoms with Crippen LogP contribution in [0.4, 0.5) is 5.69 Å². The molecule has 0 spiro atoms. The van der Waals surface area contributed by atoms with Gasteiger partial charge in [0, 0.05) is 5.69 Å². The molecule has 0 aromatic heterocycles. The molecule has 156 valence electrons. The average molecular weight is 438 g/mol. The van der Waals surface area contributed by atoms with Gasteiger partial charge in [-0.1, -0.05) is 24.3 Å². The smallest absolute Gasteiger partial charge is 0.258 e. The predicted molar refractivity (Wildman–Crippen MR) is 113 cm³/mol. The summed E-state index contributed by atoms with van der Waals surface area (Å²) in [6.07, 6.45) is 2.30. The van der Waals surface area contributed by atoms with Crippen molar-refractivity contribution >= 4 is 39.3 Å². The van der Waals surface area contributed by atoms with Gasteiger partial charge in [0.2, 0.25) is 15.9 Å². The fraction of sp³-hybridized carbons (Fsp3) is 0.263. The minimum Gasteiger partial charge on any atom is -0.484 e. The van der Waals surface area contributed by atoms with Gasteiger partial charge in [-0.25, -0.2) is 13.6 Å². The first-order valence-corrected chi connectivity index (χ1v) is 11.6. The third-order valence-electron chi connectivity index (χ3n) is 3.81. The number of nitrogens with one attached hydrogen (secondary N) is 2. The molecule has 0 saturated carbocycles. The van der Waals surface area contributed by atoms with Crippen LogP contribution in [-0.4, -0.2) is 44.9 Å². The van der Waals surface area contributed by atoms with E-state index in [-0.39, 0.29) is 17.2 Å². The van der Waals surface area contributed by atoms with E-state index in [0.29, 0.717) is 17.9 Å². The number of thioether (sulfide) groups is 1. The number of carbonyl (C=O) groups is 2. The first-order valence-electron chi connectivity index (χ1n) is 8.69. The molecular formula is C19H23N3O5S2. The number of rotatable bonds is 10. The third kappa shape index (κ3) is 7.76. The van der Waals surface area contributed by atoms with E-state index in [2.05, 4.69) is 10.6 Å². The number of carbonyl (C=O) groups excluding carboxylic acids is 2. The number of nitrogens with two attached hydrogens (primary N) is 1. The SMILES string of the molecule is CSCCC(NC(=O)COc1ccccc1)C(=O)Nc1cccc(S(N)(=O)=O)c1. The summed E-state index contributed by atoms with van der Waals surface area (Å²) in [5, 5.41) is 10.4. The highest BCUT2D eigenvalue weighted by Gasteiger charge is 2.21. The summed E-state index contributed by atoms with van der Waals surface area (Å²) in [7, 11) is -3.89. The monoisotopic (exact) mass is 437 g/mol. The summed E-state index contributed by atoms with van der Waals surface area (Å²) in [6, 6.07) is 13.7. The van der Waals surface area contributed by atoms with Crippen LogP contribution in [0.15, 0.2) is 59.5 Å². The zero-order chi connectivity index (χ0) is 21.3. The Labute approximate surface area is 174 Å². The van der Waals surface area contributed by atoms with Gasteiger partial charge in [0.1, 0.15) is 11.8 Å². The van der Waals surface area contributed by atoms with E-state index < -0.39 is 27.9 Å². The molecule has 1 unspecified atom stereocenters. The second-order valence-electron chi connectivity index (χ2n) is 6.07. The van der Waals surface area contributed by atoms with Crippen molar-refractivity contribution in [2.45, 2.75) is 17.4 Å². The lowest BCUT2D eigenvalue weighted by molar-refractivity contribution is -0.127. The van der Waals surface area contributed by atoms with Crippen molar-refractivity contribution in [2.75, 3.05) is 23.9 Å². The van der Waals surface area contributed by atoms with Crippen molar-refractivity contribution in [1.29, 1.82) is 0 Å². The van der Waals surface area contributed by atoms with Gasteiger partial charge in [-0.15, -0.1) is 0 Å². The lowest BCUT2D eigenvalue weighted by Crippen LogP contribution is -2.45. The number of hydrogen-bond acceptors (Lipinski definition) is 6. The van der Waals surface area contributed by atoms with Crippen molar-refractivity contribution in [1.82, 2.24) is 5.32 Å². The van der Waals surface area contributed by atoms with E-state index in [9.17, 15) is 18.0 Å². The first kappa shape index (κ1) is 22.7. The van der Waals surface area contributed by atoms with Gasteiger partial charge in [0.05, 0.1) is 4.90 Å². The van der Waals surface area contributed by atoms with Gasteiger partial charge in [0.15, 0.2) is 6.61 Å². The second-order valence-corrected chi connectivity index (χ2v) is 8.61. The van der Waals surface area contributed by atoms with Crippen LogP contribution in [0.25, 0.3) is 0 Å². The third-order valence-corrected chi connectivity index (χ3v) is 5.36. The molecular weight excluding hydrogens is 414 g/mol. The lowest BCUT2D eigenvalue weighted by Gasteiger charge is -2.18. The van der Waals surface area contributed by atoms with Gasteiger partial charge < -0.3 is 15.4 Å². The number of hydrogen-bond donors (Lipinski definition) is 3. The maximum Gasteiger partial charge on any atom is 0.258 e. The number of ether oxygens (including phenoxy) is 1. The van der Waals surface area contributed by atoms with Gasteiger partial charge >= 0.3 is 0 Å². The van der Waals surface area contributed by atoms with Gasteiger partial charge in [-0.3, -0.25) is 9.59 Å². The van der Waals surface area contributed by atoms with Crippen LogP contribution in [-0.2, 0) is 19.6 Å². The molecule has 2 amide bonds. The Morgan fingerprint density at radius 3 is 2.52 bits per heavy atom. The summed E-state index contributed by atoms with van der Waals surface area (Å²) in [6.45, 7) is -0.228. The Morgan fingerprint density at radius 1 is 1.14 bits per heavy atom. The summed E-state index contributed by atoms with van der Waals surface area (Å²) in [5.41, 5.74) is 0.269. The molecule has 0 aliphatic rings. The maximum atomic E-state index is 12.6. The maximum absolute atomic E-state index is 12.6. The van der Waals surface area contributed by atoms with E-state index >= 15 is 0 Å². The van der Waals surface area contributed by atoms with Crippen LogP contribution in [0.2, 0.25) is 0 Å². The van der Waals surface area contributed by atoms with Crippen molar-refractivity contribution in [3.05, 3.63) is 54.6 Å². The normalized spacial score (nSPS) is 12.1. The molecule has 8 nitrogen and oxygen atoms in total. The van der Waals surface area contributed by atoms with E-state index in [1.54, 1.807) is 30.3 Å². The highest BCUT2D eigenvalue weighted by Crippen LogP contribution is 2.15. The summed E-state index contributed by atoms with van der Waals surface area (Å²) >= 11 is 1.54. The number of anilines is 1. The molecule has 0 aliphatic carbocycles. The van der Waals surface area contributed by atoms with Crippen LogP contribution in [0.5, 0.6) is 5.75 Å². The zero-order valence-corrected chi connectivity index (χ0v) is 17.5. The molecule has 10 heteroatoms. The molecule has 0 bridgehead atoms. The predicted octanol–water partition coefficient (Wildman–Crippen LogP) is 1.59. The van der Waals surface area contributed by atoms with Crippen molar-refractivity contribution in [3.63, 3.8) is 0 Å². The zero-order valence-electron chi connectivity index (χ0n) is 15.8. The molecule has 29 heavy (non-hydrogen) atoms. The molecule has 0 fully saturated rings. The van der Waals surface area contributed by atoms with Crippen molar-refractivity contribution in [2.24, 2.45) is 5.14 Å². The van der Waals surface area contributed by atoms with Crippen LogP contribution in [0.1, 0.15) is 6.42 Å². The fourth-order valence-corrected chi connectivity index (χ4v) is 3.42. The molecule has 0 radical (unpaired) electrons. The van der Waals surface area contributed by atoms with Crippen molar-refractivity contribution in [3.8, 4) is 5.75 Å². The number of amides is 2. The largest absolute Gasteiger partial charge is 0.484 e. The summed E-state index contributed by atoms with van der Waals surface area (Å²) < 4.78 is 28.3.